The summed E-state index contributed by atoms with van der Waals surface area (Å²) in [6.45, 7) is -0.0985. The van der Waals surface area contributed by atoms with Crippen LogP contribution in [0.2, 0.25) is 0 Å². The van der Waals surface area contributed by atoms with E-state index in [2.05, 4.69) is 14.6 Å². The van der Waals surface area contributed by atoms with Crippen LogP contribution in [0.1, 0.15) is 0 Å². The van der Waals surface area contributed by atoms with Crippen LogP contribution in [0.15, 0.2) is 29.4 Å². The molecule has 5 N–H and O–H groups in total. The Balaban J connectivity index is 2.74. The first-order valence-electron chi connectivity index (χ1n) is 4.87. The summed E-state index contributed by atoms with van der Waals surface area (Å²) in [7, 11) is -2.28. The minimum Gasteiger partial charge on any atom is -0.485 e. The zero-order valence-corrected chi connectivity index (χ0v) is 10.4. The molecule has 0 heterocycles. The van der Waals surface area contributed by atoms with E-state index in [0.29, 0.717) is 11.4 Å². The van der Waals surface area contributed by atoms with Gasteiger partial charge in [0, 0.05) is 13.1 Å². The summed E-state index contributed by atoms with van der Waals surface area (Å²) in [5.74, 6) is 0.300. The second-order valence-electron chi connectivity index (χ2n) is 3.22. The number of benzene rings is 1. The Morgan fingerprint density at radius 1 is 1.56 bits per heavy atom. The molecule has 18 heavy (non-hydrogen) atoms. The first kappa shape index (κ1) is 14.1. The van der Waals surface area contributed by atoms with Crippen molar-refractivity contribution in [1.29, 1.82) is 0 Å². The van der Waals surface area contributed by atoms with Gasteiger partial charge in [0.1, 0.15) is 12.4 Å². The van der Waals surface area contributed by atoms with E-state index in [9.17, 15) is 8.42 Å². The van der Waals surface area contributed by atoms with Gasteiger partial charge in [-0.05, 0) is 12.1 Å². The smallest absolute Gasteiger partial charge is 0.298 e. The van der Waals surface area contributed by atoms with Crippen molar-refractivity contribution in [1.82, 2.24) is 4.72 Å². The molecule has 0 atom stereocenters. The van der Waals surface area contributed by atoms with Crippen molar-refractivity contribution >= 4 is 21.7 Å². The highest BCUT2D eigenvalue weighted by molar-refractivity contribution is 7.90. The number of amidine groups is 1. The first-order valence-corrected chi connectivity index (χ1v) is 6.35. The van der Waals surface area contributed by atoms with Crippen molar-refractivity contribution in [2.75, 3.05) is 18.4 Å². The molecule has 0 spiro atoms. The molecule has 8 nitrogen and oxygen atoms in total. The zero-order valence-electron chi connectivity index (χ0n) is 9.62. The van der Waals surface area contributed by atoms with Crippen LogP contribution in [0.3, 0.4) is 0 Å². The number of anilines is 1. The fraction of sp³-hybridized carbons (Fsp3) is 0.222. The van der Waals surface area contributed by atoms with Crippen molar-refractivity contribution < 1.29 is 18.4 Å². The maximum Gasteiger partial charge on any atom is 0.298 e. The van der Waals surface area contributed by atoms with E-state index in [-0.39, 0.29) is 12.4 Å². The molecular weight excluding hydrogens is 260 g/mol. The molecule has 1 aromatic rings. The second-order valence-corrected chi connectivity index (χ2v) is 4.84. The molecule has 0 fully saturated rings. The Bertz CT molecular complexity index is 529. The maximum atomic E-state index is 11.3. The molecule has 0 aliphatic rings. The Labute approximate surface area is 105 Å². The van der Waals surface area contributed by atoms with Gasteiger partial charge in [0.25, 0.3) is 10.2 Å². The van der Waals surface area contributed by atoms with Gasteiger partial charge in [0.05, 0.1) is 5.69 Å². The van der Waals surface area contributed by atoms with Gasteiger partial charge in [0.2, 0.25) is 0 Å². The second kappa shape index (κ2) is 6.07. The summed E-state index contributed by atoms with van der Waals surface area (Å²) in [4.78, 5) is 0. The van der Waals surface area contributed by atoms with Gasteiger partial charge in [0.15, 0.2) is 5.84 Å². The zero-order chi connectivity index (χ0) is 13.6. The summed E-state index contributed by atoms with van der Waals surface area (Å²) in [5, 5.41) is 11.1. The van der Waals surface area contributed by atoms with Gasteiger partial charge in [-0.15, -0.1) is 0 Å². The Morgan fingerprint density at radius 3 is 2.89 bits per heavy atom. The molecule has 100 valence electrons. The van der Waals surface area contributed by atoms with Crippen LogP contribution in [0.25, 0.3) is 0 Å². The third-order valence-electron chi connectivity index (χ3n) is 1.87. The highest BCUT2D eigenvalue weighted by Crippen LogP contribution is 2.17. The van der Waals surface area contributed by atoms with E-state index < -0.39 is 10.2 Å². The fourth-order valence-corrected chi connectivity index (χ4v) is 1.58. The average Bonchev–Trinajstić information content (AvgIpc) is 2.36. The molecule has 0 aliphatic heterocycles. The number of nitrogens with two attached hydrogens (primary N) is 1. The molecule has 0 saturated heterocycles. The lowest BCUT2D eigenvalue weighted by Gasteiger charge is -2.09. The van der Waals surface area contributed by atoms with Gasteiger partial charge in [-0.2, -0.15) is 8.42 Å². The van der Waals surface area contributed by atoms with Gasteiger partial charge in [-0.25, -0.2) is 4.72 Å². The Morgan fingerprint density at radius 2 is 2.28 bits per heavy atom. The number of oxime groups is 1. The van der Waals surface area contributed by atoms with E-state index in [0.717, 1.165) is 0 Å². The van der Waals surface area contributed by atoms with Gasteiger partial charge in [-0.1, -0.05) is 11.2 Å². The molecule has 0 aliphatic carbocycles. The van der Waals surface area contributed by atoms with Crippen LogP contribution in [-0.2, 0) is 10.2 Å². The summed E-state index contributed by atoms with van der Waals surface area (Å²) in [6.07, 6.45) is 0. The standard InChI is InChI=1S/C9H14N4O4S/c1-11-18(15,16)13-7-3-2-4-8(5-7)17-6-9(10)12-14/h2-5,11,13-14H,6H2,1H3,(H2,10,12). The lowest BCUT2D eigenvalue weighted by molar-refractivity contribution is 0.306. The van der Waals surface area contributed by atoms with Crippen LogP contribution in [0, 0.1) is 0 Å². The summed E-state index contributed by atoms with van der Waals surface area (Å²) >= 11 is 0. The van der Waals surface area contributed by atoms with E-state index in [1.807, 2.05) is 0 Å². The minimum atomic E-state index is -3.57. The highest BCUT2D eigenvalue weighted by atomic mass is 32.2. The minimum absolute atomic E-state index is 0.0868. The lowest BCUT2D eigenvalue weighted by Crippen LogP contribution is -2.26. The molecule has 0 aromatic heterocycles. The molecule has 9 heteroatoms. The monoisotopic (exact) mass is 274 g/mol. The van der Waals surface area contributed by atoms with E-state index in [1.165, 1.54) is 13.1 Å². The van der Waals surface area contributed by atoms with E-state index in [4.69, 9.17) is 15.7 Å². The molecular formula is C9H14N4O4S. The van der Waals surface area contributed by atoms with Crippen LogP contribution in [-0.4, -0.2) is 33.1 Å². The van der Waals surface area contributed by atoms with Gasteiger partial charge >= 0.3 is 0 Å². The third-order valence-corrected chi connectivity index (χ3v) is 2.91. The summed E-state index contributed by atoms with van der Waals surface area (Å²) in [6, 6.07) is 6.25. The number of ether oxygens (including phenoxy) is 1. The fourth-order valence-electron chi connectivity index (χ4n) is 1.04. The van der Waals surface area contributed by atoms with Gasteiger partial charge in [-0.3, -0.25) is 4.72 Å². The number of nitrogens with zero attached hydrogens (tertiary/aromatic N) is 1. The topological polar surface area (TPSA) is 126 Å². The molecule has 0 amide bonds. The summed E-state index contributed by atoms with van der Waals surface area (Å²) in [5.41, 5.74) is 5.57. The quantitative estimate of drug-likeness (QED) is 0.245. The molecule has 0 radical (unpaired) electrons. The van der Waals surface area contributed by atoms with Crippen molar-refractivity contribution in [2.24, 2.45) is 10.9 Å². The lowest BCUT2D eigenvalue weighted by atomic mass is 10.3. The van der Waals surface area contributed by atoms with Crippen molar-refractivity contribution in [3.8, 4) is 5.75 Å². The van der Waals surface area contributed by atoms with Crippen molar-refractivity contribution in [2.45, 2.75) is 0 Å². The third kappa shape index (κ3) is 4.47. The predicted octanol–water partition coefficient (Wildman–Crippen LogP) is -0.312. The highest BCUT2D eigenvalue weighted by Gasteiger charge is 2.06. The van der Waals surface area contributed by atoms with Crippen LogP contribution >= 0.6 is 0 Å². The van der Waals surface area contributed by atoms with E-state index >= 15 is 0 Å². The number of nitrogens with one attached hydrogen (secondary N) is 2. The first-order chi connectivity index (χ1) is 8.46. The Hall–Kier alpha value is -2.00. The number of rotatable bonds is 6. The van der Waals surface area contributed by atoms with Crippen molar-refractivity contribution in [3.05, 3.63) is 24.3 Å². The SMILES string of the molecule is CNS(=O)(=O)Nc1cccc(OC/C(N)=N/O)c1. The number of hydrogen-bond donors (Lipinski definition) is 4. The van der Waals surface area contributed by atoms with E-state index in [1.54, 1.807) is 18.2 Å². The largest absolute Gasteiger partial charge is 0.485 e. The molecule has 1 aromatic carbocycles. The molecule has 1 rings (SSSR count). The average molecular weight is 274 g/mol. The summed E-state index contributed by atoms with van der Waals surface area (Å²) < 4.78 is 32.1. The van der Waals surface area contributed by atoms with Crippen LogP contribution in [0.5, 0.6) is 5.75 Å². The van der Waals surface area contributed by atoms with Gasteiger partial charge < -0.3 is 15.7 Å². The molecule has 0 bridgehead atoms. The Kier molecular flexibility index (Phi) is 4.75. The van der Waals surface area contributed by atoms with Crippen molar-refractivity contribution in [3.63, 3.8) is 0 Å². The normalized spacial score (nSPS) is 12.2. The molecule has 0 saturated carbocycles. The molecule has 0 unspecified atom stereocenters. The van der Waals surface area contributed by atoms with Crippen LogP contribution < -0.4 is 19.9 Å². The maximum absolute atomic E-state index is 11.3. The predicted molar refractivity (Wildman–Crippen MR) is 66.9 cm³/mol. The van der Waals surface area contributed by atoms with Crippen LogP contribution in [0.4, 0.5) is 5.69 Å². The number of hydrogen-bond acceptors (Lipinski definition) is 5.